The summed E-state index contributed by atoms with van der Waals surface area (Å²) in [5.74, 6) is 0.266. The third-order valence-corrected chi connectivity index (χ3v) is 4.93. The summed E-state index contributed by atoms with van der Waals surface area (Å²) in [4.78, 5) is 24.0. The fraction of sp³-hybridized carbons (Fsp3) is 0.217. The van der Waals surface area contributed by atoms with Crippen molar-refractivity contribution in [2.24, 2.45) is 0 Å². The van der Waals surface area contributed by atoms with Crippen LogP contribution in [0.3, 0.4) is 0 Å². The van der Waals surface area contributed by atoms with E-state index in [1.807, 2.05) is 6.92 Å². The van der Waals surface area contributed by atoms with E-state index in [9.17, 15) is 14.7 Å². The molecule has 0 bridgehead atoms. The first-order chi connectivity index (χ1) is 14.9. The second-order valence-corrected chi connectivity index (χ2v) is 7.01. The molecule has 1 heterocycles. The van der Waals surface area contributed by atoms with Crippen LogP contribution in [0.25, 0.3) is 17.0 Å². The number of hydrogen-bond acceptors (Lipinski definition) is 7. The van der Waals surface area contributed by atoms with Crippen LogP contribution in [0.1, 0.15) is 23.6 Å². The summed E-state index contributed by atoms with van der Waals surface area (Å²) in [7, 11) is 2.97. The van der Waals surface area contributed by atoms with E-state index in [4.69, 9.17) is 30.2 Å². The number of methoxy groups -OCH3 is 2. The summed E-state index contributed by atoms with van der Waals surface area (Å²) in [5, 5.41) is 10.9. The Morgan fingerprint density at radius 3 is 2.58 bits per heavy atom. The number of carbonyl (C=O) groups is 1. The van der Waals surface area contributed by atoms with E-state index >= 15 is 0 Å². The molecule has 3 aromatic rings. The van der Waals surface area contributed by atoms with Crippen molar-refractivity contribution in [1.29, 1.82) is 0 Å². The average molecular weight is 445 g/mol. The molecule has 162 valence electrons. The smallest absolute Gasteiger partial charge is 0.336 e. The maximum absolute atomic E-state index is 12.2. The highest BCUT2D eigenvalue weighted by molar-refractivity contribution is 6.32. The lowest BCUT2D eigenvalue weighted by molar-refractivity contribution is -0.138. The van der Waals surface area contributed by atoms with E-state index < -0.39 is 11.6 Å². The summed E-state index contributed by atoms with van der Waals surface area (Å²) >= 11 is 6.16. The number of ether oxygens (including phenoxy) is 3. The Morgan fingerprint density at radius 2 is 1.90 bits per heavy atom. The molecular formula is C23H21ClO7. The van der Waals surface area contributed by atoms with Gasteiger partial charge < -0.3 is 23.7 Å². The van der Waals surface area contributed by atoms with Crippen LogP contribution in [0.5, 0.6) is 17.2 Å². The zero-order valence-corrected chi connectivity index (χ0v) is 18.0. The van der Waals surface area contributed by atoms with Crippen molar-refractivity contribution in [3.05, 3.63) is 68.5 Å². The maximum Gasteiger partial charge on any atom is 0.336 e. The van der Waals surface area contributed by atoms with Crippen LogP contribution < -0.4 is 15.1 Å². The quantitative estimate of drug-likeness (QED) is 0.326. The van der Waals surface area contributed by atoms with Gasteiger partial charge in [-0.15, -0.1) is 0 Å². The highest BCUT2D eigenvalue weighted by Gasteiger charge is 2.12. The number of carbonyl (C=O) groups excluding carboxylic acids is 1. The van der Waals surface area contributed by atoms with E-state index in [-0.39, 0.29) is 17.9 Å². The van der Waals surface area contributed by atoms with Gasteiger partial charge in [-0.25, -0.2) is 9.59 Å². The molecule has 2 aromatic carbocycles. The van der Waals surface area contributed by atoms with Crippen molar-refractivity contribution < 1.29 is 28.5 Å². The first kappa shape index (κ1) is 22.2. The molecule has 0 saturated carbocycles. The van der Waals surface area contributed by atoms with Gasteiger partial charge in [-0.3, -0.25) is 0 Å². The average Bonchev–Trinajstić information content (AvgIpc) is 2.74. The Morgan fingerprint density at radius 1 is 1.13 bits per heavy atom. The second-order valence-electron chi connectivity index (χ2n) is 6.60. The minimum absolute atomic E-state index is 0.0452. The first-order valence-corrected chi connectivity index (χ1v) is 9.79. The fourth-order valence-corrected chi connectivity index (χ4v) is 3.40. The monoisotopic (exact) mass is 444 g/mol. The normalized spacial score (nSPS) is 11.1. The van der Waals surface area contributed by atoms with Crippen LogP contribution in [0, 0.1) is 0 Å². The molecule has 7 nitrogen and oxygen atoms in total. The Kier molecular flexibility index (Phi) is 6.87. The standard InChI is InChI=1S/C23H21ClO7/c1-4-14-9-16-15(10-22(27)31-19(16)11-18(14)25)12-30-21(26)6-5-13-7-17(24)23(29-3)20(8-13)28-2/h5-11,25H,4,12H2,1-3H3. The summed E-state index contributed by atoms with van der Waals surface area (Å²) in [5.41, 5.74) is 1.42. The van der Waals surface area contributed by atoms with E-state index in [0.717, 1.165) is 0 Å². The second kappa shape index (κ2) is 9.57. The zero-order chi connectivity index (χ0) is 22.5. The molecule has 0 fully saturated rings. The van der Waals surface area contributed by atoms with E-state index in [2.05, 4.69) is 0 Å². The molecule has 0 atom stereocenters. The summed E-state index contributed by atoms with van der Waals surface area (Å²) in [6.07, 6.45) is 3.37. The minimum Gasteiger partial charge on any atom is -0.508 e. The van der Waals surface area contributed by atoms with Crippen LogP contribution in [-0.4, -0.2) is 25.3 Å². The zero-order valence-electron chi connectivity index (χ0n) is 17.2. The molecule has 0 saturated heterocycles. The first-order valence-electron chi connectivity index (χ1n) is 9.41. The highest BCUT2D eigenvalue weighted by Crippen LogP contribution is 2.36. The van der Waals surface area contributed by atoms with Crippen molar-refractivity contribution in [3.63, 3.8) is 0 Å². The number of rotatable bonds is 7. The number of halogens is 1. The van der Waals surface area contributed by atoms with Gasteiger partial charge >= 0.3 is 11.6 Å². The number of esters is 1. The van der Waals surface area contributed by atoms with E-state index in [1.165, 1.54) is 38.5 Å². The Hall–Kier alpha value is -3.45. The predicted molar refractivity (Wildman–Crippen MR) is 117 cm³/mol. The van der Waals surface area contributed by atoms with Gasteiger partial charge in [0.1, 0.15) is 17.9 Å². The molecule has 0 aliphatic heterocycles. The SMILES string of the molecule is CCc1cc2c(COC(=O)C=Cc3cc(Cl)c(OC)c(OC)c3)cc(=O)oc2cc1O. The summed E-state index contributed by atoms with van der Waals surface area (Å²) < 4.78 is 20.8. The van der Waals surface area contributed by atoms with Gasteiger partial charge in [0.2, 0.25) is 0 Å². The number of benzene rings is 2. The Labute approximate surface area is 183 Å². The van der Waals surface area contributed by atoms with Gasteiger partial charge in [-0.2, -0.15) is 0 Å². The topological polar surface area (TPSA) is 95.2 Å². The number of phenolic OH excluding ortho intramolecular Hbond substituents is 1. The van der Waals surface area contributed by atoms with Crippen LogP contribution in [0.2, 0.25) is 5.02 Å². The minimum atomic E-state index is -0.609. The number of phenols is 1. The van der Waals surface area contributed by atoms with Crippen molar-refractivity contribution in [2.45, 2.75) is 20.0 Å². The lowest BCUT2D eigenvalue weighted by Gasteiger charge is -2.10. The van der Waals surface area contributed by atoms with Gasteiger partial charge in [0, 0.05) is 29.2 Å². The van der Waals surface area contributed by atoms with E-state index in [0.29, 0.717) is 45.0 Å². The molecule has 8 heteroatoms. The predicted octanol–water partition coefficient (Wildman–Crippen LogP) is 4.49. The third-order valence-electron chi connectivity index (χ3n) is 4.65. The van der Waals surface area contributed by atoms with Gasteiger partial charge in [0.15, 0.2) is 11.5 Å². The van der Waals surface area contributed by atoms with Crippen molar-refractivity contribution >= 4 is 34.6 Å². The highest BCUT2D eigenvalue weighted by atomic mass is 35.5. The molecular weight excluding hydrogens is 424 g/mol. The number of hydrogen-bond donors (Lipinski definition) is 1. The maximum atomic E-state index is 12.2. The van der Waals surface area contributed by atoms with Crippen LogP contribution >= 0.6 is 11.6 Å². The van der Waals surface area contributed by atoms with Gasteiger partial charge in [-0.05, 0) is 41.8 Å². The Balaban J connectivity index is 1.79. The van der Waals surface area contributed by atoms with Crippen LogP contribution in [0.4, 0.5) is 0 Å². The molecule has 0 unspecified atom stereocenters. The molecule has 1 aromatic heterocycles. The van der Waals surface area contributed by atoms with Crippen molar-refractivity contribution in [1.82, 2.24) is 0 Å². The third kappa shape index (κ3) is 5.00. The number of aryl methyl sites for hydroxylation is 1. The molecule has 0 amide bonds. The number of fused-ring (bicyclic) bond motifs is 1. The molecule has 3 rings (SSSR count). The van der Waals surface area contributed by atoms with Crippen LogP contribution in [0.15, 0.2) is 45.6 Å². The molecule has 0 aliphatic carbocycles. The summed E-state index contributed by atoms with van der Waals surface area (Å²) in [6.45, 7) is 1.76. The fourth-order valence-electron chi connectivity index (χ4n) is 3.11. The number of aromatic hydroxyl groups is 1. The largest absolute Gasteiger partial charge is 0.508 e. The van der Waals surface area contributed by atoms with Gasteiger partial charge in [-0.1, -0.05) is 18.5 Å². The molecule has 0 aliphatic rings. The van der Waals surface area contributed by atoms with Gasteiger partial charge in [0.05, 0.1) is 19.2 Å². The lowest BCUT2D eigenvalue weighted by Crippen LogP contribution is -2.06. The molecule has 0 spiro atoms. The molecule has 1 N–H and O–H groups in total. The molecule has 31 heavy (non-hydrogen) atoms. The van der Waals surface area contributed by atoms with Crippen LogP contribution in [-0.2, 0) is 22.6 Å². The van der Waals surface area contributed by atoms with Crippen molar-refractivity contribution in [2.75, 3.05) is 14.2 Å². The van der Waals surface area contributed by atoms with Gasteiger partial charge in [0.25, 0.3) is 0 Å². The van der Waals surface area contributed by atoms with E-state index in [1.54, 1.807) is 18.2 Å². The lowest BCUT2D eigenvalue weighted by atomic mass is 10.0. The Bertz CT molecular complexity index is 1210. The summed E-state index contributed by atoms with van der Waals surface area (Å²) in [6, 6.07) is 7.67. The van der Waals surface area contributed by atoms with Crippen molar-refractivity contribution in [3.8, 4) is 17.2 Å². The molecule has 0 radical (unpaired) electrons.